The molecule has 1 aliphatic heterocycles. The van der Waals surface area contributed by atoms with Crippen molar-refractivity contribution in [2.75, 3.05) is 18.4 Å². The molecule has 1 aromatic heterocycles. The zero-order valence-corrected chi connectivity index (χ0v) is 11.0. The van der Waals surface area contributed by atoms with Gasteiger partial charge in [-0.05, 0) is 31.4 Å². The van der Waals surface area contributed by atoms with E-state index in [-0.39, 0.29) is 0 Å². The summed E-state index contributed by atoms with van der Waals surface area (Å²) in [5, 5.41) is 4.95. The molecule has 0 spiro atoms. The summed E-state index contributed by atoms with van der Waals surface area (Å²) in [5.41, 5.74) is 2.30. The molecule has 19 heavy (non-hydrogen) atoms. The maximum atomic E-state index is 4.42. The molecule has 2 aromatic rings. The van der Waals surface area contributed by atoms with Crippen LogP contribution in [0, 0.1) is 0 Å². The Labute approximate surface area is 113 Å². The van der Waals surface area contributed by atoms with Gasteiger partial charge >= 0.3 is 0 Å². The minimum Gasteiger partial charge on any atom is -0.380 e. The van der Waals surface area contributed by atoms with Gasteiger partial charge in [-0.15, -0.1) is 0 Å². The molecule has 0 bridgehead atoms. The van der Waals surface area contributed by atoms with Gasteiger partial charge < -0.3 is 5.32 Å². The van der Waals surface area contributed by atoms with Crippen LogP contribution in [0.4, 0.5) is 5.69 Å². The smallest absolute Gasteiger partial charge is 0.0722 e. The molecule has 1 atom stereocenters. The molecule has 2 aliphatic rings. The standard InChI is InChI=1S/C16H19N3/c1-2-4-15-14(3-1)16(7-9-17-15)18-12-8-10-19(11-12)13-5-6-13/h1-4,7,9,12-13H,5-6,8,10-11H2,(H,17,18). The highest BCUT2D eigenvalue weighted by molar-refractivity contribution is 5.90. The normalized spacial score (nSPS) is 23.9. The van der Waals surface area contributed by atoms with Crippen LogP contribution in [-0.4, -0.2) is 35.1 Å². The highest BCUT2D eigenvalue weighted by Gasteiger charge is 2.34. The summed E-state index contributed by atoms with van der Waals surface area (Å²) < 4.78 is 0. The summed E-state index contributed by atoms with van der Waals surface area (Å²) >= 11 is 0. The van der Waals surface area contributed by atoms with Crippen molar-refractivity contribution in [3.63, 3.8) is 0 Å². The SMILES string of the molecule is c1ccc2c(NC3CCN(C4CC4)C3)ccnc2c1. The first-order chi connectivity index (χ1) is 9.40. The van der Waals surface area contributed by atoms with Gasteiger partial charge in [0.15, 0.2) is 0 Å². The number of hydrogen-bond donors (Lipinski definition) is 1. The summed E-state index contributed by atoms with van der Waals surface area (Å²) in [6.07, 6.45) is 5.97. The number of para-hydroxylation sites is 1. The van der Waals surface area contributed by atoms with Crippen LogP contribution in [0.25, 0.3) is 10.9 Å². The molecule has 4 rings (SSSR count). The van der Waals surface area contributed by atoms with Gasteiger partial charge in [-0.25, -0.2) is 0 Å². The van der Waals surface area contributed by atoms with Gasteiger partial charge in [-0.2, -0.15) is 0 Å². The average Bonchev–Trinajstić information content (AvgIpc) is 3.20. The Balaban J connectivity index is 1.55. The fourth-order valence-corrected chi connectivity index (χ4v) is 3.12. The fraction of sp³-hybridized carbons (Fsp3) is 0.438. The third kappa shape index (κ3) is 2.19. The minimum absolute atomic E-state index is 0.589. The lowest BCUT2D eigenvalue weighted by Gasteiger charge is -2.17. The summed E-state index contributed by atoms with van der Waals surface area (Å²) in [4.78, 5) is 7.06. The van der Waals surface area contributed by atoms with E-state index in [2.05, 4.69) is 39.5 Å². The highest BCUT2D eigenvalue weighted by Crippen LogP contribution is 2.31. The summed E-state index contributed by atoms with van der Waals surface area (Å²) in [6.45, 7) is 2.45. The molecule has 98 valence electrons. The number of hydrogen-bond acceptors (Lipinski definition) is 3. The van der Waals surface area contributed by atoms with E-state index in [0.717, 1.165) is 11.6 Å². The topological polar surface area (TPSA) is 28.2 Å². The number of likely N-dealkylation sites (tertiary alicyclic amines) is 1. The first-order valence-electron chi connectivity index (χ1n) is 7.24. The van der Waals surface area contributed by atoms with E-state index in [1.54, 1.807) is 0 Å². The number of anilines is 1. The van der Waals surface area contributed by atoms with Crippen molar-refractivity contribution in [3.8, 4) is 0 Å². The molecule has 1 aromatic carbocycles. The lowest BCUT2D eigenvalue weighted by Crippen LogP contribution is -2.27. The predicted octanol–water partition coefficient (Wildman–Crippen LogP) is 2.88. The van der Waals surface area contributed by atoms with Gasteiger partial charge in [-0.1, -0.05) is 18.2 Å². The monoisotopic (exact) mass is 253 g/mol. The first-order valence-corrected chi connectivity index (χ1v) is 7.24. The van der Waals surface area contributed by atoms with Crippen molar-refractivity contribution in [2.24, 2.45) is 0 Å². The van der Waals surface area contributed by atoms with E-state index in [1.807, 2.05) is 12.3 Å². The lowest BCUT2D eigenvalue weighted by atomic mass is 10.1. The molecule has 2 heterocycles. The van der Waals surface area contributed by atoms with Crippen molar-refractivity contribution < 1.29 is 0 Å². The molecule has 3 heteroatoms. The van der Waals surface area contributed by atoms with Gasteiger partial charge in [0.1, 0.15) is 0 Å². The second-order valence-electron chi connectivity index (χ2n) is 5.73. The maximum Gasteiger partial charge on any atom is 0.0722 e. The highest BCUT2D eigenvalue weighted by atomic mass is 15.2. The van der Waals surface area contributed by atoms with Crippen LogP contribution in [0.5, 0.6) is 0 Å². The Morgan fingerprint density at radius 3 is 2.89 bits per heavy atom. The first kappa shape index (κ1) is 11.2. The molecule has 1 unspecified atom stereocenters. The molecule has 1 saturated carbocycles. The minimum atomic E-state index is 0.589. The molecule has 1 aliphatic carbocycles. The second-order valence-corrected chi connectivity index (χ2v) is 5.73. The number of rotatable bonds is 3. The molecular weight excluding hydrogens is 234 g/mol. The van der Waals surface area contributed by atoms with Crippen molar-refractivity contribution in [2.45, 2.75) is 31.3 Å². The zero-order chi connectivity index (χ0) is 12.7. The summed E-state index contributed by atoms with van der Waals surface area (Å²) in [6, 6.07) is 11.9. The van der Waals surface area contributed by atoms with Crippen molar-refractivity contribution in [1.29, 1.82) is 0 Å². The number of benzene rings is 1. The van der Waals surface area contributed by atoms with E-state index in [0.29, 0.717) is 6.04 Å². The Bertz CT molecular complexity index is 586. The van der Waals surface area contributed by atoms with E-state index in [4.69, 9.17) is 0 Å². The van der Waals surface area contributed by atoms with Gasteiger partial charge in [0, 0.05) is 42.4 Å². The lowest BCUT2D eigenvalue weighted by molar-refractivity contribution is 0.326. The Hall–Kier alpha value is -1.61. The van der Waals surface area contributed by atoms with Gasteiger partial charge in [-0.3, -0.25) is 9.88 Å². The fourth-order valence-electron chi connectivity index (χ4n) is 3.12. The summed E-state index contributed by atoms with van der Waals surface area (Å²) in [7, 11) is 0. The van der Waals surface area contributed by atoms with Crippen LogP contribution in [0.1, 0.15) is 19.3 Å². The van der Waals surface area contributed by atoms with Gasteiger partial charge in [0.2, 0.25) is 0 Å². The Kier molecular flexibility index (Phi) is 2.66. The number of aromatic nitrogens is 1. The van der Waals surface area contributed by atoms with Crippen LogP contribution in [0.2, 0.25) is 0 Å². The molecule has 0 radical (unpaired) electrons. The number of nitrogens with one attached hydrogen (secondary N) is 1. The Morgan fingerprint density at radius 2 is 2.00 bits per heavy atom. The molecule has 2 fully saturated rings. The molecule has 0 amide bonds. The van der Waals surface area contributed by atoms with Crippen molar-refractivity contribution in [1.82, 2.24) is 9.88 Å². The van der Waals surface area contributed by atoms with Crippen LogP contribution < -0.4 is 5.32 Å². The maximum absolute atomic E-state index is 4.42. The molecule has 1 saturated heterocycles. The van der Waals surface area contributed by atoms with Crippen molar-refractivity contribution >= 4 is 16.6 Å². The summed E-state index contributed by atoms with van der Waals surface area (Å²) in [5.74, 6) is 0. The van der Waals surface area contributed by atoms with E-state index >= 15 is 0 Å². The average molecular weight is 253 g/mol. The van der Waals surface area contributed by atoms with Gasteiger partial charge in [0.25, 0.3) is 0 Å². The van der Waals surface area contributed by atoms with E-state index in [9.17, 15) is 0 Å². The van der Waals surface area contributed by atoms with Crippen LogP contribution >= 0.6 is 0 Å². The molecule has 3 nitrogen and oxygen atoms in total. The number of fused-ring (bicyclic) bond motifs is 1. The van der Waals surface area contributed by atoms with Crippen LogP contribution in [-0.2, 0) is 0 Å². The van der Waals surface area contributed by atoms with E-state index in [1.165, 1.54) is 43.4 Å². The van der Waals surface area contributed by atoms with Gasteiger partial charge in [0.05, 0.1) is 5.52 Å². The molecule has 1 N–H and O–H groups in total. The van der Waals surface area contributed by atoms with Crippen molar-refractivity contribution in [3.05, 3.63) is 36.5 Å². The largest absolute Gasteiger partial charge is 0.380 e. The van der Waals surface area contributed by atoms with E-state index < -0.39 is 0 Å². The molecular formula is C16H19N3. The third-order valence-corrected chi connectivity index (χ3v) is 4.29. The third-order valence-electron chi connectivity index (χ3n) is 4.29. The number of pyridine rings is 1. The van der Waals surface area contributed by atoms with Crippen LogP contribution in [0.15, 0.2) is 36.5 Å². The zero-order valence-electron chi connectivity index (χ0n) is 11.0. The Morgan fingerprint density at radius 1 is 1.11 bits per heavy atom. The quantitative estimate of drug-likeness (QED) is 0.911. The predicted molar refractivity (Wildman–Crippen MR) is 78.4 cm³/mol. The second kappa shape index (κ2) is 4.49. The number of nitrogens with zero attached hydrogens (tertiary/aromatic N) is 2. The van der Waals surface area contributed by atoms with Crippen LogP contribution in [0.3, 0.4) is 0 Å².